The Hall–Kier alpha value is -1.21. The maximum absolute atomic E-state index is 13.0. The molecule has 0 spiro atoms. The second kappa shape index (κ2) is 4.34. The van der Waals surface area contributed by atoms with Crippen LogP contribution in [-0.4, -0.2) is 23.1 Å². The number of nitrogens with one attached hydrogen (secondary N) is 2. The maximum atomic E-state index is 13.0. The number of pyridine rings is 1. The minimum absolute atomic E-state index is 0.0589. The summed E-state index contributed by atoms with van der Waals surface area (Å²) in [6.07, 6.45) is -0.482. The van der Waals surface area contributed by atoms with Crippen LogP contribution in [0.1, 0.15) is 6.92 Å². The van der Waals surface area contributed by atoms with Gasteiger partial charge in [-0.3, -0.25) is 15.6 Å². The van der Waals surface area contributed by atoms with Gasteiger partial charge >= 0.3 is 0 Å². The topological polar surface area (TPSA) is 66.6 Å². The lowest BCUT2D eigenvalue weighted by Crippen LogP contribution is -2.34. The molecule has 0 bridgehead atoms. The second-order valence-corrected chi connectivity index (χ2v) is 4.20. The van der Waals surface area contributed by atoms with Crippen molar-refractivity contribution in [1.82, 2.24) is 10.4 Å². The minimum Gasteiger partial charge on any atom is -0.359 e. The Morgan fingerprint density at radius 2 is 2.31 bits per heavy atom. The number of ether oxygens (including phenoxy) is 1. The Bertz CT molecular complexity index is 429. The number of amides is 1. The monoisotopic (exact) mass is 289 g/mol. The fourth-order valence-electron chi connectivity index (χ4n) is 1.14. The van der Waals surface area contributed by atoms with Crippen LogP contribution < -0.4 is 10.9 Å². The Morgan fingerprint density at radius 1 is 1.62 bits per heavy atom. The Morgan fingerprint density at radius 3 is 2.88 bits per heavy atom. The molecule has 5 nitrogen and oxygen atoms in total. The van der Waals surface area contributed by atoms with Crippen LogP contribution in [0.2, 0.25) is 0 Å². The fourth-order valence-corrected chi connectivity index (χ4v) is 1.37. The number of rotatable bonds is 3. The molecule has 7 heteroatoms. The summed E-state index contributed by atoms with van der Waals surface area (Å²) < 4.78 is 18.2. The molecule has 1 aliphatic heterocycles. The molecule has 1 saturated heterocycles. The van der Waals surface area contributed by atoms with Crippen molar-refractivity contribution in [2.24, 2.45) is 0 Å². The van der Waals surface area contributed by atoms with Gasteiger partial charge in [0.15, 0.2) is 6.10 Å². The van der Waals surface area contributed by atoms with Gasteiger partial charge in [0.05, 0.1) is 10.6 Å². The molecule has 1 aromatic heterocycles. The number of carbonyl (C=O) groups is 1. The molecule has 2 atom stereocenters. The van der Waals surface area contributed by atoms with Gasteiger partial charge in [-0.1, -0.05) is 0 Å². The molecule has 1 amide bonds. The van der Waals surface area contributed by atoms with E-state index in [1.54, 1.807) is 6.92 Å². The quantitative estimate of drug-likeness (QED) is 0.499. The molecule has 1 aromatic rings. The maximum Gasteiger partial charge on any atom is 0.270 e. The van der Waals surface area contributed by atoms with E-state index >= 15 is 0 Å². The van der Waals surface area contributed by atoms with Gasteiger partial charge in [-0.25, -0.2) is 0 Å². The first-order valence-corrected chi connectivity index (χ1v) is 5.40. The van der Waals surface area contributed by atoms with Crippen molar-refractivity contribution in [3.05, 3.63) is 22.6 Å². The van der Waals surface area contributed by atoms with Crippen LogP contribution >= 0.6 is 15.9 Å². The number of hydrogen-bond donors (Lipinski definition) is 2. The Kier molecular flexibility index (Phi) is 3.06. The van der Waals surface area contributed by atoms with E-state index in [-0.39, 0.29) is 22.3 Å². The standard InChI is InChI=1S/C9H9BrFN3O2/c1-4-7(16-4)9(15)14-13-6-3-2-5(10)8(11)12-6/h2-4,7H,1H3,(H,12,13)(H,14,15)/t4-,7+/m0/s1. The molecular formula is C9H9BrFN3O2. The number of hydrogen-bond acceptors (Lipinski definition) is 4. The van der Waals surface area contributed by atoms with Crippen LogP contribution in [0.5, 0.6) is 0 Å². The number of epoxide rings is 1. The van der Waals surface area contributed by atoms with Crippen LogP contribution in [-0.2, 0) is 9.53 Å². The molecule has 2 rings (SSSR count). The first kappa shape index (κ1) is 11.3. The van der Waals surface area contributed by atoms with Gasteiger partial charge in [0, 0.05) is 0 Å². The number of aromatic nitrogens is 1. The summed E-state index contributed by atoms with van der Waals surface area (Å²) in [5.41, 5.74) is 4.88. The largest absolute Gasteiger partial charge is 0.359 e. The third-order valence-electron chi connectivity index (χ3n) is 2.09. The molecule has 86 valence electrons. The van der Waals surface area contributed by atoms with Crippen LogP contribution in [0.4, 0.5) is 10.2 Å². The molecule has 0 saturated carbocycles. The third kappa shape index (κ3) is 2.48. The van der Waals surface area contributed by atoms with Crippen LogP contribution in [0.25, 0.3) is 0 Å². The van der Waals surface area contributed by atoms with Crippen molar-refractivity contribution in [1.29, 1.82) is 0 Å². The number of anilines is 1. The summed E-state index contributed by atoms with van der Waals surface area (Å²) in [6, 6.07) is 3.03. The zero-order valence-corrected chi connectivity index (χ0v) is 9.92. The number of hydrazine groups is 1. The van der Waals surface area contributed by atoms with Gasteiger partial charge in [0.25, 0.3) is 5.91 Å². The van der Waals surface area contributed by atoms with Crippen molar-refractivity contribution in [3.63, 3.8) is 0 Å². The summed E-state index contributed by atoms with van der Waals surface area (Å²) >= 11 is 2.98. The molecule has 1 fully saturated rings. The Balaban J connectivity index is 1.89. The van der Waals surface area contributed by atoms with E-state index in [0.29, 0.717) is 0 Å². The van der Waals surface area contributed by atoms with E-state index in [2.05, 4.69) is 31.8 Å². The van der Waals surface area contributed by atoms with Crippen LogP contribution in [0.15, 0.2) is 16.6 Å². The molecule has 16 heavy (non-hydrogen) atoms. The average Bonchev–Trinajstić information content (AvgIpc) is 2.97. The third-order valence-corrected chi connectivity index (χ3v) is 2.68. The lowest BCUT2D eigenvalue weighted by Gasteiger charge is -2.06. The second-order valence-electron chi connectivity index (χ2n) is 3.35. The molecule has 0 radical (unpaired) electrons. The zero-order valence-electron chi connectivity index (χ0n) is 8.33. The van der Waals surface area contributed by atoms with E-state index in [1.807, 2.05) is 0 Å². The van der Waals surface area contributed by atoms with E-state index in [4.69, 9.17) is 4.74 Å². The van der Waals surface area contributed by atoms with Gasteiger partial charge in [0.1, 0.15) is 5.82 Å². The smallest absolute Gasteiger partial charge is 0.270 e. The van der Waals surface area contributed by atoms with E-state index in [1.165, 1.54) is 12.1 Å². The predicted molar refractivity (Wildman–Crippen MR) is 58.0 cm³/mol. The van der Waals surface area contributed by atoms with Crippen molar-refractivity contribution in [3.8, 4) is 0 Å². The minimum atomic E-state index is -0.643. The number of halogens is 2. The van der Waals surface area contributed by atoms with E-state index < -0.39 is 12.1 Å². The highest BCUT2D eigenvalue weighted by molar-refractivity contribution is 9.10. The Labute approximate surface area is 99.5 Å². The predicted octanol–water partition coefficient (Wildman–Crippen LogP) is 1.21. The van der Waals surface area contributed by atoms with Gasteiger partial charge in [-0.15, -0.1) is 0 Å². The highest BCUT2D eigenvalue weighted by Gasteiger charge is 2.41. The summed E-state index contributed by atoms with van der Waals surface area (Å²) in [5.74, 6) is -0.713. The van der Waals surface area contributed by atoms with Crippen molar-refractivity contribution in [2.45, 2.75) is 19.1 Å². The summed E-state index contributed by atoms with van der Waals surface area (Å²) in [4.78, 5) is 14.9. The highest BCUT2D eigenvalue weighted by Crippen LogP contribution is 2.20. The van der Waals surface area contributed by atoms with Gasteiger partial charge in [0.2, 0.25) is 5.95 Å². The molecule has 0 aliphatic carbocycles. The summed E-state index contributed by atoms with van der Waals surface area (Å²) in [7, 11) is 0. The first-order valence-electron chi connectivity index (χ1n) is 4.61. The molecule has 0 aromatic carbocycles. The SMILES string of the molecule is C[C@@H]1O[C@H]1C(=O)NNc1ccc(Br)c(F)n1. The van der Waals surface area contributed by atoms with Gasteiger partial charge < -0.3 is 4.74 Å². The van der Waals surface area contributed by atoms with Crippen molar-refractivity contribution in [2.75, 3.05) is 5.43 Å². The lowest BCUT2D eigenvalue weighted by molar-refractivity contribution is -0.121. The number of carbonyl (C=O) groups excluding carboxylic acids is 1. The molecular weight excluding hydrogens is 281 g/mol. The summed E-state index contributed by atoms with van der Waals surface area (Å²) in [5, 5.41) is 0. The zero-order chi connectivity index (χ0) is 11.7. The molecule has 0 unspecified atom stereocenters. The van der Waals surface area contributed by atoms with Crippen molar-refractivity contribution < 1.29 is 13.9 Å². The molecule has 2 heterocycles. The molecule has 2 N–H and O–H groups in total. The number of nitrogens with zero attached hydrogens (tertiary/aromatic N) is 1. The first-order chi connectivity index (χ1) is 7.58. The van der Waals surface area contributed by atoms with E-state index in [0.717, 1.165) is 0 Å². The van der Waals surface area contributed by atoms with Gasteiger partial charge in [-0.2, -0.15) is 9.37 Å². The summed E-state index contributed by atoms with van der Waals surface area (Å²) in [6.45, 7) is 1.79. The lowest BCUT2D eigenvalue weighted by atomic mass is 10.3. The average molecular weight is 290 g/mol. The van der Waals surface area contributed by atoms with E-state index in [9.17, 15) is 9.18 Å². The van der Waals surface area contributed by atoms with Crippen LogP contribution in [0, 0.1) is 5.95 Å². The normalized spacial score (nSPS) is 22.7. The fraction of sp³-hybridized carbons (Fsp3) is 0.333. The highest BCUT2D eigenvalue weighted by atomic mass is 79.9. The van der Waals surface area contributed by atoms with Crippen LogP contribution in [0.3, 0.4) is 0 Å². The van der Waals surface area contributed by atoms with Crippen molar-refractivity contribution >= 4 is 27.7 Å². The van der Waals surface area contributed by atoms with Gasteiger partial charge in [-0.05, 0) is 35.0 Å². The molecule has 1 aliphatic rings.